The topological polar surface area (TPSA) is 24.7 Å². The van der Waals surface area contributed by atoms with Crippen molar-refractivity contribution >= 4 is 36.3 Å². The Labute approximate surface area is 199 Å². The molecule has 0 saturated carbocycles. The molecule has 0 N–H and O–H groups in total. The van der Waals surface area contributed by atoms with Crippen molar-refractivity contribution in [1.29, 1.82) is 0 Å². The molecule has 2 aromatic rings. The van der Waals surface area contributed by atoms with Gasteiger partial charge >= 0.3 is 0 Å². The lowest BCUT2D eigenvalue weighted by atomic mass is 10.1. The second kappa shape index (κ2) is 10.6. The summed E-state index contributed by atoms with van der Waals surface area (Å²) in [6.45, 7) is 28.5. The van der Waals surface area contributed by atoms with Crippen LogP contribution in [0.2, 0.25) is 0 Å². The van der Waals surface area contributed by atoms with Crippen molar-refractivity contribution in [3.8, 4) is 0 Å². The minimum Gasteiger partial charge on any atom is -0.266 e. The second-order valence-electron chi connectivity index (χ2n) is 11.0. The van der Waals surface area contributed by atoms with E-state index in [2.05, 4.69) is 119 Å². The van der Waals surface area contributed by atoms with Crippen molar-refractivity contribution < 1.29 is 0 Å². The maximum Gasteiger partial charge on any atom is 0.0713 e. The molecule has 0 radical (unpaired) electrons. The van der Waals surface area contributed by atoms with E-state index in [0.717, 1.165) is 11.4 Å². The fourth-order valence-corrected chi connectivity index (χ4v) is 15.7. The molecule has 2 rings (SSSR count). The summed E-state index contributed by atoms with van der Waals surface area (Å²) < 4.78 is 11.4. The highest BCUT2D eigenvalue weighted by Gasteiger charge is 2.33. The molecule has 0 spiro atoms. The van der Waals surface area contributed by atoms with Crippen molar-refractivity contribution in [1.82, 2.24) is 0 Å². The molecule has 0 unspecified atom stereocenters. The highest BCUT2D eigenvalue weighted by molar-refractivity contribution is 7.68. The summed E-state index contributed by atoms with van der Waals surface area (Å²) in [5.41, 5.74) is 5.70. The van der Waals surface area contributed by atoms with E-state index >= 15 is 0 Å². The Morgan fingerprint density at radius 3 is 1.00 bits per heavy atom. The van der Waals surface area contributed by atoms with E-state index in [9.17, 15) is 0 Å². The molecular weight excluding hydrogens is 426 g/mol. The number of nitrogens with zero attached hydrogens (tertiary/aromatic N) is 2. The van der Waals surface area contributed by atoms with Crippen LogP contribution in [0.5, 0.6) is 0 Å². The van der Waals surface area contributed by atoms with Crippen molar-refractivity contribution in [3.63, 3.8) is 0 Å². The van der Waals surface area contributed by atoms with Gasteiger partial charge in [-0.15, -0.1) is 0 Å². The highest BCUT2D eigenvalue weighted by Crippen LogP contribution is 2.66. The maximum atomic E-state index is 5.71. The normalized spacial score (nSPS) is 13.4. The van der Waals surface area contributed by atoms with Crippen LogP contribution in [0, 0.1) is 0 Å². The maximum absolute atomic E-state index is 5.71. The molecule has 0 heterocycles. The Kier molecular flexibility index (Phi) is 9.09. The van der Waals surface area contributed by atoms with Crippen molar-refractivity contribution in [2.45, 2.75) is 117 Å². The quantitative estimate of drug-likeness (QED) is 0.340. The monoisotopic (exact) mass is 474 g/mol. The lowest BCUT2D eigenvalue weighted by Crippen LogP contribution is -2.16. The molecule has 4 heteroatoms. The van der Waals surface area contributed by atoms with Gasteiger partial charge in [0.1, 0.15) is 0 Å². The molecule has 2 aromatic carbocycles. The van der Waals surface area contributed by atoms with E-state index in [0.29, 0.717) is 34.0 Å². The van der Waals surface area contributed by atoms with Gasteiger partial charge in [0.2, 0.25) is 0 Å². The molecule has 2 nitrogen and oxygen atoms in total. The van der Waals surface area contributed by atoms with Crippen molar-refractivity contribution in [2.24, 2.45) is 9.49 Å². The zero-order valence-corrected chi connectivity index (χ0v) is 24.5. The summed E-state index contributed by atoms with van der Waals surface area (Å²) in [4.78, 5) is 0. The molecule has 0 aliphatic heterocycles. The summed E-state index contributed by atoms with van der Waals surface area (Å²) in [6, 6.07) is 13.3. The third-order valence-corrected chi connectivity index (χ3v) is 18.4. The van der Waals surface area contributed by atoms with Gasteiger partial charge in [0.15, 0.2) is 0 Å². The van der Waals surface area contributed by atoms with Crippen LogP contribution in [0.25, 0.3) is 10.8 Å². The molecule has 0 bridgehead atoms. The average Bonchev–Trinajstić information content (AvgIpc) is 2.68. The Hall–Kier alpha value is -0.840. The predicted octanol–water partition coefficient (Wildman–Crippen LogP) is 11.0. The lowest BCUT2D eigenvalue weighted by molar-refractivity contribution is 0.925. The Balaban J connectivity index is 3.05. The van der Waals surface area contributed by atoms with Gasteiger partial charge < -0.3 is 0 Å². The van der Waals surface area contributed by atoms with Crippen LogP contribution >= 0.6 is 14.1 Å². The molecule has 0 aliphatic carbocycles. The van der Waals surface area contributed by atoms with Gasteiger partial charge in [-0.2, -0.15) is 0 Å². The zero-order valence-electron chi connectivity index (χ0n) is 22.7. The molecule has 0 saturated heterocycles. The van der Waals surface area contributed by atoms with Crippen LogP contribution in [-0.4, -0.2) is 34.0 Å². The number of hydrogen-bond acceptors (Lipinski definition) is 2. The Morgan fingerprint density at radius 2 is 0.750 bits per heavy atom. The molecule has 32 heavy (non-hydrogen) atoms. The lowest BCUT2D eigenvalue weighted by Gasteiger charge is -2.37. The summed E-state index contributed by atoms with van der Waals surface area (Å²) >= 11 is 0. The van der Waals surface area contributed by atoms with E-state index in [-0.39, 0.29) is 0 Å². The highest BCUT2D eigenvalue weighted by atomic mass is 31.2. The summed E-state index contributed by atoms with van der Waals surface area (Å²) in [5.74, 6) is 0. The number of fused-ring (bicyclic) bond motifs is 1. The standard InChI is InChI=1S/C28H48N2P2/c1-19(2)31(20(3)4,21(5)6)29-26-17-13-15-25-16-14-18-27(28(25)26)30-32(22(7)8,23(9)10)24(11)12/h13-24H,1-12H3. The first kappa shape index (κ1) is 27.4. The molecule has 0 amide bonds. The number of hydrogen-bond donors (Lipinski definition) is 0. The van der Waals surface area contributed by atoms with Crippen LogP contribution in [0.4, 0.5) is 11.4 Å². The first-order valence-corrected chi connectivity index (χ1v) is 16.5. The summed E-state index contributed by atoms with van der Waals surface area (Å²) in [5, 5.41) is 2.52. The van der Waals surface area contributed by atoms with E-state index in [1.54, 1.807) is 0 Å². The number of rotatable bonds is 8. The van der Waals surface area contributed by atoms with E-state index in [1.807, 2.05) is 0 Å². The predicted molar refractivity (Wildman–Crippen MR) is 153 cm³/mol. The second-order valence-corrected chi connectivity index (χ2v) is 20.8. The van der Waals surface area contributed by atoms with Crippen LogP contribution in [0.15, 0.2) is 45.9 Å². The molecule has 180 valence electrons. The van der Waals surface area contributed by atoms with Crippen molar-refractivity contribution in [2.75, 3.05) is 0 Å². The molecule has 0 aromatic heterocycles. The van der Waals surface area contributed by atoms with Crippen LogP contribution in [-0.2, 0) is 0 Å². The summed E-state index contributed by atoms with van der Waals surface area (Å²) in [7, 11) is -3.15. The Morgan fingerprint density at radius 1 is 0.469 bits per heavy atom. The van der Waals surface area contributed by atoms with Crippen LogP contribution < -0.4 is 0 Å². The van der Waals surface area contributed by atoms with Crippen LogP contribution in [0.3, 0.4) is 0 Å². The van der Waals surface area contributed by atoms with Crippen molar-refractivity contribution in [3.05, 3.63) is 36.4 Å². The van der Waals surface area contributed by atoms with Gasteiger partial charge in [0.25, 0.3) is 0 Å². The van der Waals surface area contributed by atoms with Gasteiger partial charge in [-0.3, -0.25) is 9.49 Å². The van der Waals surface area contributed by atoms with Gasteiger partial charge in [0.05, 0.1) is 11.4 Å². The minimum atomic E-state index is -1.57. The van der Waals surface area contributed by atoms with Gasteiger partial charge in [-0.05, 0) is 65.6 Å². The molecule has 0 aliphatic rings. The van der Waals surface area contributed by atoms with E-state index in [1.165, 1.54) is 10.8 Å². The fourth-order valence-electron chi connectivity index (χ4n) is 6.11. The largest absolute Gasteiger partial charge is 0.266 e. The number of benzene rings is 2. The van der Waals surface area contributed by atoms with Gasteiger partial charge in [0, 0.05) is 5.39 Å². The summed E-state index contributed by atoms with van der Waals surface area (Å²) in [6.07, 6.45) is 0. The fraction of sp³-hybridized carbons (Fsp3) is 0.643. The van der Waals surface area contributed by atoms with Gasteiger partial charge in [-0.1, -0.05) is 107 Å². The smallest absolute Gasteiger partial charge is 0.0713 e. The van der Waals surface area contributed by atoms with E-state index < -0.39 is 14.1 Å². The minimum absolute atomic E-state index is 0.565. The van der Waals surface area contributed by atoms with Crippen LogP contribution in [0.1, 0.15) is 83.1 Å². The molecule has 0 fully saturated rings. The van der Waals surface area contributed by atoms with E-state index in [4.69, 9.17) is 9.49 Å². The third-order valence-electron chi connectivity index (χ3n) is 7.39. The average molecular weight is 475 g/mol. The molecule has 0 atom stereocenters. The first-order chi connectivity index (χ1) is 14.8. The Bertz CT molecular complexity index is 891. The zero-order chi connectivity index (χ0) is 24.4. The third kappa shape index (κ3) is 4.83. The van der Waals surface area contributed by atoms with Gasteiger partial charge in [-0.25, -0.2) is 0 Å². The SMILES string of the molecule is CC(C)P(=Nc1cccc2cccc(N=P(C(C)C)(C(C)C)C(C)C)c12)(C(C)C)C(C)C. The first-order valence-electron chi connectivity index (χ1n) is 12.6. The molecular formula is C28H48N2P2.